The number of ether oxygens (including phenoxy) is 1. The Balaban J connectivity index is 1.13. The number of benzene rings is 7. The lowest BCUT2D eigenvalue weighted by molar-refractivity contribution is 0.403. The summed E-state index contributed by atoms with van der Waals surface area (Å²) in [5, 5.41) is 2.17. The predicted molar refractivity (Wildman–Crippen MR) is 233 cm³/mol. The highest BCUT2D eigenvalue weighted by molar-refractivity contribution is 6.08. The van der Waals surface area contributed by atoms with Crippen molar-refractivity contribution in [1.29, 1.82) is 0 Å². The molecule has 0 amide bonds. The molecule has 5 heteroatoms. The van der Waals surface area contributed by atoms with Gasteiger partial charge in [-0.1, -0.05) is 146 Å². The maximum atomic E-state index is 6.64. The second kappa shape index (κ2) is 13.2. The molecule has 274 valence electrons. The first kappa shape index (κ1) is 33.7. The third-order valence-electron chi connectivity index (χ3n) is 11.5. The van der Waals surface area contributed by atoms with Crippen molar-refractivity contribution in [2.24, 2.45) is 0 Å². The molecule has 5 nitrogen and oxygen atoms in total. The van der Waals surface area contributed by atoms with E-state index in [1.165, 1.54) is 11.1 Å². The van der Waals surface area contributed by atoms with E-state index in [0.717, 1.165) is 83.5 Å². The van der Waals surface area contributed by atoms with Gasteiger partial charge in [-0.2, -0.15) is 0 Å². The molecule has 0 saturated heterocycles. The normalized spacial score (nSPS) is 15.5. The van der Waals surface area contributed by atoms with Crippen LogP contribution < -0.4 is 4.74 Å². The molecule has 7 aromatic carbocycles. The monoisotopic (exact) mass is 745 g/mol. The molecule has 11 rings (SSSR count). The van der Waals surface area contributed by atoms with Gasteiger partial charge in [0.2, 0.25) is 0 Å². The zero-order valence-corrected chi connectivity index (χ0v) is 31.7. The van der Waals surface area contributed by atoms with E-state index < -0.39 is 5.41 Å². The van der Waals surface area contributed by atoms with Crippen molar-refractivity contribution in [1.82, 2.24) is 15.0 Å². The van der Waals surface area contributed by atoms with Crippen LogP contribution in [0.15, 0.2) is 204 Å². The first-order chi connectivity index (χ1) is 28.6. The largest absolute Gasteiger partial charge is 0.457 e. The summed E-state index contributed by atoms with van der Waals surface area (Å²) < 4.78 is 13.2. The summed E-state index contributed by atoms with van der Waals surface area (Å²) in [5.74, 6) is 3.49. The standard InChI is InChI=1S/C53H35N3O2/c1-3-16-47-42(4-2)53(44-24-12-14-26-48(44)58-47)43-28-27-36(30-39(43)40-32-49-41(31-45(40)53)38-23-11-13-25-46(38)57-49)35-21-15-22-37(29-35)52-55-50(33-17-7-5-8-18-33)54-51(56-52)34-19-9-6-10-20-34/h3-32H,2H2,1H3/b16-3-. The summed E-state index contributed by atoms with van der Waals surface area (Å²) >= 11 is 0. The smallest absolute Gasteiger partial charge is 0.164 e. The highest BCUT2D eigenvalue weighted by Crippen LogP contribution is 2.62. The average molecular weight is 746 g/mol. The Morgan fingerprint density at radius 2 is 1.12 bits per heavy atom. The quantitative estimate of drug-likeness (QED) is 0.170. The third-order valence-corrected chi connectivity index (χ3v) is 11.5. The van der Waals surface area contributed by atoms with Crippen LogP contribution in [0, 0.1) is 0 Å². The fourth-order valence-corrected chi connectivity index (χ4v) is 8.98. The molecule has 1 aliphatic carbocycles. The van der Waals surface area contributed by atoms with Gasteiger partial charge in [0.1, 0.15) is 22.7 Å². The van der Waals surface area contributed by atoms with Crippen LogP contribution in [0.4, 0.5) is 0 Å². The molecule has 1 spiro atoms. The number of para-hydroxylation sites is 2. The third kappa shape index (κ3) is 5.07. The Labute approximate surface area is 336 Å². The molecule has 0 saturated carbocycles. The highest BCUT2D eigenvalue weighted by atomic mass is 16.5. The number of furan rings is 1. The molecule has 58 heavy (non-hydrogen) atoms. The molecule has 0 bridgehead atoms. The van der Waals surface area contributed by atoms with E-state index >= 15 is 0 Å². The van der Waals surface area contributed by atoms with Gasteiger partial charge in [0, 0.05) is 38.6 Å². The number of fused-ring (bicyclic) bond motifs is 10. The Morgan fingerprint density at radius 1 is 0.500 bits per heavy atom. The molecule has 9 aromatic rings. The van der Waals surface area contributed by atoms with Gasteiger partial charge in [0.15, 0.2) is 17.5 Å². The minimum atomic E-state index is -0.685. The van der Waals surface area contributed by atoms with E-state index in [2.05, 4.69) is 91.5 Å². The Hall–Kier alpha value is -7.63. The van der Waals surface area contributed by atoms with Crippen molar-refractivity contribution in [3.8, 4) is 62.2 Å². The lowest BCUT2D eigenvalue weighted by Crippen LogP contribution is -2.34. The molecule has 1 unspecified atom stereocenters. The number of allylic oxidation sites excluding steroid dienone is 4. The van der Waals surface area contributed by atoms with Crippen molar-refractivity contribution in [3.05, 3.63) is 217 Å². The number of rotatable bonds is 6. The van der Waals surface area contributed by atoms with E-state index in [4.69, 9.17) is 24.1 Å². The summed E-state index contributed by atoms with van der Waals surface area (Å²) in [6.07, 6.45) is 6.05. The second-order valence-electron chi connectivity index (χ2n) is 14.7. The van der Waals surface area contributed by atoms with Crippen molar-refractivity contribution in [2.45, 2.75) is 12.3 Å². The zero-order chi connectivity index (χ0) is 38.8. The van der Waals surface area contributed by atoms with Crippen molar-refractivity contribution in [3.63, 3.8) is 0 Å². The minimum Gasteiger partial charge on any atom is -0.457 e. The van der Waals surface area contributed by atoms with E-state index in [9.17, 15) is 0 Å². The molecule has 1 atom stereocenters. The fraction of sp³-hybridized carbons (Fsp3) is 0.0377. The molecule has 0 N–H and O–H groups in total. The first-order valence-electron chi connectivity index (χ1n) is 19.5. The number of hydrogen-bond acceptors (Lipinski definition) is 5. The van der Waals surface area contributed by atoms with Crippen LogP contribution in [-0.4, -0.2) is 15.0 Å². The molecular weight excluding hydrogens is 711 g/mol. The zero-order valence-electron chi connectivity index (χ0n) is 31.7. The van der Waals surface area contributed by atoms with E-state index in [-0.39, 0.29) is 0 Å². The molecule has 2 aliphatic rings. The summed E-state index contributed by atoms with van der Waals surface area (Å²) in [7, 11) is 0. The van der Waals surface area contributed by atoms with Crippen LogP contribution in [0.5, 0.6) is 5.75 Å². The number of nitrogens with zero attached hydrogens (tertiary/aromatic N) is 3. The Bertz CT molecular complexity index is 3120. The second-order valence-corrected chi connectivity index (χ2v) is 14.7. The van der Waals surface area contributed by atoms with E-state index in [1.54, 1.807) is 0 Å². The molecule has 0 radical (unpaired) electrons. The van der Waals surface area contributed by atoms with Crippen LogP contribution in [-0.2, 0) is 5.41 Å². The van der Waals surface area contributed by atoms with Crippen LogP contribution in [0.2, 0.25) is 0 Å². The minimum absolute atomic E-state index is 0.614. The average Bonchev–Trinajstić information content (AvgIpc) is 3.79. The number of hydrogen-bond donors (Lipinski definition) is 0. The first-order valence-corrected chi connectivity index (χ1v) is 19.5. The molecule has 2 aromatic heterocycles. The van der Waals surface area contributed by atoms with Crippen LogP contribution in [0.3, 0.4) is 0 Å². The highest BCUT2D eigenvalue weighted by Gasteiger charge is 2.51. The Morgan fingerprint density at radius 3 is 1.86 bits per heavy atom. The van der Waals surface area contributed by atoms with Crippen molar-refractivity contribution < 1.29 is 9.15 Å². The van der Waals surface area contributed by atoms with Crippen LogP contribution >= 0.6 is 0 Å². The lowest BCUT2D eigenvalue weighted by atomic mass is 9.65. The Kier molecular flexibility index (Phi) is 7.70. The summed E-state index contributed by atoms with van der Waals surface area (Å²) in [5.41, 5.74) is 12.6. The van der Waals surface area contributed by atoms with Gasteiger partial charge in [-0.05, 0) is 82.8 Å². The maximum Gasteiger partial charge on any atom is 0.164 e. The van der Waals surface area contributed by atoms with Crippen molar-refractivity contribution >= 4 is 21.9 Å². The maximum absolute atomic E-state index is 6.64. The lowest BCUT2D eigenvalue weighted by Gasteiger charge is -2.39. The summed E-state index contributed by atoms with van der Waals surface area (Å²) in [6.45, 7) is 6.42. The molecule has 0 fully saturated rings. The van der Waals surface area contributed by atoms with Gasteiger partial charge < -0.3 is 9.15 Å². The van der Waals surface area contributed by atoms with Gasteiger partial charge >= 0.3 is 0 Å². The molecule has 3 heterocycles. The van der Waals surface area contributed by atoms with Crippen molar-refractivity contribution in [2.75, 3.05) is 0 Å². The van der Waals surface area contributed by atoms with E-state index in [1.807, 2.05) is 104 Å². The van der Waals surface area contributed by atoms with Gasteiger partial charge in [-0.3, -0.25) is 0 Å². The predicted octanol–water partition coefficient (Wildman–Crippen LogP) is 13.2. The number of aromatic nitrogens is 3. The summed E-state index contributed by atoms with van der Waals surface area (Å²) in [4.78, 5) is 15.0. The topological polar surface area (TPSA) is 61.0 Å². The van der Waals surface area contributed by atoms with Gasteiger partial charge in [0.25, 0.3) is 0 Å². The SMILES string of the molecule is C=CC1=C(/C=C\C)Oc2ccccc2C12c1ccc(-c3cccc(-c4nc(-c5ccccc5)nc(-c5ccccc5)n4)c3)cc1-c1cc3oc4ccccc4c3cc12. The van der Waals surface area contributed by atoms with Gasteiger partial charge in [0.05, 0.1) is 5.41 Å². The van der Waals surface area contributed by atoms with E-state index in [0.29, 0.717) is 17.5 Å². The van der Waals surface area contributed by atoms with Gasteiger partial charge in [-0.25, -0.2) is 15.0 Å². The van der Waals surface area contributed by atoms with Crippen LogP contribution in [0.1, 0.15) is 23.6 Å². The fourth-order valence-electron chi connectivity index (χ4n) is 8.98. The van der Waals surface area contributed by atoms with Gasteiger partial charge in [-0.15, -0.1) is 0 Å². The summed E-state index contributed by atoms with van der Waals surface area (Å²) in [6, 6.07) is 56.7. The molecular formula is C53H35N3O2. The van der Waals surface area contributed by atoms with Crippen LogP contribution in [0.25, 0.3) is 78.4 Å². The molecule has 1 aliphatic heterocycles.